The number of benzene rings is 2. The number of fused-ring (bicyclic) bond motifs is 1. The number of halogens is 1. The van der Waals surface area contributed by atoms with E-state index in [2.05, 4.69) is 4.98 Å². The smallest absolute Gasteiger partial charge is 0.148 e. The van der Waals surface area contributed by atoms with E-state index in [0.29, 0.717) is 30.7 Å². The molecular weight excluding hydrogens is 316 g/mol. The van der Waals surface area contributed by atoms with Crippen LogP contribution in [0.15, 0.2) is 48.8 Å². The van der Waals surface area contributed by atoms with E-state index in [1.54, 1.807) is 13.4 Å². The summed E-state index contributed by atoms with van der Waals surface area (Å²) < 4.78 is 18.2. The molecule has 0 bridgehead atoms. The van der Waals surface area contributed by atoms with Gasteiger partial charge in [0, 0.05) is 13.2 Å². The highest BCUT2D eigenvalue weighted by molar-refractivity contribution is 6.32. The van der Waals surface area contributed by atoms with Crippen molar-refractivity contribution in [1.82, 2.24) is 9.55 Å². The number of hydrogen-bond acceptors (Lipinski definition) is 4. The Balaban J connectivity index is 1.79. The summed E-state index contributed by atoms with van der Waals surface area (Å²) in [5, 5.41) is 0.528. The van der Waals surface area contributed by atoms with Gasteiger partial charge in [0.05, 0.1) is 35.6 Å². The third-order valence-corrected chi connectivity index (χ3v) is 3.60. The maximum atomic E-state index is 6.34. The zero-order valence-corrected chi connectivity index (χ0v) is 13.5. The third-order valence-electron chi connectivity index (χ3n) is 3.31. The molecule has 0 saturated heterocycles. The van der Waals surface area contributed by atoms with Gasteiger partial charge < -0.3 is 18.8 Å². The van der Waals surface area contributed by atoms with Crippen molar-refractivity contribution in [2.24, 2.45) is 0 Å². The van der Waals surface area contributed by atoms with Gasteiger partial charge in [0.15, 0.2) is 0 Å². The van der Waals surface area contributed by atoms with Crippen molar-refractivity contribution in [3.05, 3.63) is 53.8 Å². The Morgan fingerprint density at radius 2 is 1.96 bits per heavy atom. The van der Waals surface area contributed by atoms with Gasteiger partial charge in [0.1, 0.15) is 18.2 Å². The number of imidazole rings is 1. The predicted octanol–water partition coefficient (Wildman–Crippen LogP) is 4.10. The molecule has 5 nitrogen and oxygen atoms in total. The molecule has 0 N–H and O–H groups in total. The summed E-state index contributed by atoms with van der Waals surface area (Å²) in [6.45, 7) is 1.48. The number of rotatable bonds is 7. The van der Waals surface area contributed by atoms with Crippen LogP contribution in [0.1, 0.15) is 0 Å². The number of methoxy groups -OCH3 is 1. The van der Waals surface area contributed by atoms with Gasteiger partial charge in [-0.05, 0) is 18.2 Å². The molecule has 6 heteroatoms. The summed E-state index contributed by atoms with van der Waals surface area (Å²) in [5.41, 5.74) is 1.70. The minimum Gasteiger partial charge on any atom is -0.456 e. The van der Waals surface area contributed by atoms with E-state index in [1.807, 2.05) is 47.0 Å². The van der Waals surface area contributed by atoms with Crippen LogP contribution < -0.4 is 4.74 Å². The van der Waals surface area contributed by atoms with Crippen molar-refractivity contribution in [3.8, 4) is 11.5 Å². The minimum atomic E-state index is 0.398. The largest absolute Gasteiger partial charge is 0.456 e. The fourth-order valence-electron chi connectivity index (χ4n) is 2.16. The molecule has 0 aliphatic rings. The van der Waals surface area contributed by atoms with E-state index in [-0.39, 0.29) is 0 Å². The van der Waals surface area contributed by atoms with Crippen LogP contribution in [0, 0.1) is 0 Å². The third kappa shape index (κ3) is 3.82. The first-order chi connectivity index (χ1) is 11.3. The summed E-state index contributed by atoms with van der Waals surface area (Å²) >= 11 is 6.34. The zero-order valence-electron chi connectivity index (χ0n) is 12.7. The van der Waals surface area contributed by atoms with Gasteiger partial charge in [-0.15, -0.1) is 0 Å². The number of aromatic nitrogens is 2. The van der Waals surface area contributed by atoms with Gasteiger partial charge >= 0.3 is 0 Å². The standard InChI is InChI=1S/C17H17ClN2O3/c1-21-7-8-22-12-20-11-19-15-10-17(14(18)9-16(15)20)23-13-5-3-2-4-6-13/h2-6,9-11H,7-8,12H2,1H3. The summed E-state index contributed by atoms with van der Waals surface area (Å²) in [5.74, 6) is 1.31. The first-order valence-corrected chi connectivity index (χ1v) is 7.59. The van der Waals surface area contributed by atoms with Gasteiger partial charge in [-0.1, -0.05) is 29.8 Å². The lowest BCUT2D eigenvalue weighted by atomic mass is 10.3. The SMILES string of the molecule is COCCOCn1cnc2cc(Oc3ccccc3)c(Cl)cc21. The first-order valence-electron chi connectivity index (χ1n) is 7.22. The Kier molecular flexibility index (Phi) is 5.12. The normalized spacial score (nSPS) is 11.0. The van der Waals surface area contributed by atoms with Gasteiger partial charge in [-0.3, -0.25) is 0 Å². The Hall–Kier alpha value is -2.08. The van der Waals surface area contributed by atoms with Crippen LogP contribution in [0.4, 0.5) is 0 Å². The highest BCUT2D eigenvalue weighted by Gasteiger charge is 2.10. The molecule has 3 aromatic rings. The van der Waals surface area contributed by atoms with Crippen LogP contribution in [0.5, 0.6) is 11.5 Å². The van der Waals surface area contributed by atoms with Gasteiger partial charge in [-0.2, -0.15) is 0 Å². The highest BCUT2D eigenvalue weighted by atomic mass is 35.5. The van der Waals surface area contributed by atoms with Gasteiger partial charge in [-0.25, -0.2) is 4.98 Å². The van der Waals surface area contributed by atoms with Crippen molar-refractivity contribution in [1.29, 1.82) is 0 Å². The Morgan fingerprint density at radius 1 is 1.13 bits per heavy atom. The van der Waals surface area contributed by atoms with Crippen molar-refractivity contribution in [2.75, 3.05) is 20.3 Å². The topological polar surface area (TPSA) is 45.5 Å². The molecule has 1 heterocycles. The van der Waals surface area contributed by atoms with E-state index in [4.69, 9.17) is 25.8 Å². The van der Waals surface area contributed by atoms with Gasteiger partial charge in [0.25, 0.3) is 0 Å². The molecule has 0 saturated carbocycles. The van der Waals surface area contributed by atoms with Crippen LogP contribution in [-0.2, 0) is 16.2 Å². The van der Waals surface area contributed by atoms with E-state index in [1.165, 1.54) is 0 Å². The molecule has 2 aromatic carbocycles. The average Bonchev–Trinajstić information content (AvgIpc) is 2.95. The molecule has 3 rings (SSSR count). The molecule has 23 heavy (non-hydrogen) atoms. The molecular formula is C17H17ClN2O3. The average molecular weight is 333 g/mol. The maximum Gasteiger partial charge on any atom is 0.148 e. The highest BCUT2D eigenvalue weighted by Crippen LogP contribution is 2.33. The van der Waals surface area contributed by atoms with E-state index in [0.717, 1.165) is 16.8 Å². The fraction of sp³-hybridized carbons (Fsp3) is 0.235. The predicted molar refractivity (Wildman–Crippen MR) is 89.1 cm³/mol. The second-order valence-corrected chi connectivity index (χ2v) is 5.34. The molecule has 0 amide bonds. The quantitative estimate of drug-likeness (QED) is 0.611. The van der Waals surface area contributed by atoms with E-state index >= 15 is 0 Å². The van der Waals surface area contributed by atoms with Crippen LogP contribution >= 0.6 is 11.6 Å². The van der Waals surface area contributed by atoms with Crippen LogP contribution in [0.2, 0.25) is 5.02 Å². The number of para-hydroxylation sites is 1. The molecule has 1 aromatic heterocycles. The lowest BCUT2D eigenvalue weighted by Gasteiger charge is -2.09. The van der Waals surface area contributed by atoms with Crippen molar-refractivity contribution < 1.29 is 14.2 Å². The Bertz CT molecular complexity index is 774. The maximum absolute atomic E-state index is 6.34. The first kappa shape index (κ1) is 15.8. The van der Waals surface area contributed by atoms with Crippen LogP contribution in [0.25, 0.3) is 11.0 Å². The summed E-state index contributed by atoms with van der Waals surface area (Å²) in [6, 6.07) is 13.2. The molecule has 0 spiro atoms. The molecule has 0 fully saturated rings. The lowest BCUT2D eigenvalue weighted by molar-refractivity contribution is 0.0358. The fourth-order valence-corrected chi connectivity index (χ4v) is 2.36. The summed E-state index contributed by atoms with van der Waals surface area (Å²) in [7, 11) is 1.64. The van der Waals surface area contributed by atoms with Crippen molar-refractivity contribution in [3.63, 3.8) is 0 Å². The molecule has 0 radical (unpaired) electrons. The summed E-state index contributed by atoms with van der Waals surface area (Å²) in [4.78, 5) is 4.37. The monoisotopic (exact) mass is 332 g/mol. The van der Waals surface area contributed by atoms with Gasteiger partial charge in [0.2, 0.25) is 0 Å². The Morgan fingerprint density at radius 3 is 2.74 bits per heavy atom. The second kappa shape index (κ2) is 7.46. The number of ether oxygens (including phenoxy) is 3. The minimum absolute atomic E-state index is 0.398. The second-order valence-electron chi connectivity index (χ2n) is 4.93. The lowest BCUT2D eigenvalue weighted by Crippen LogP contribution is -2.06. The molecule has 0 aliphatic carbocycles. The van der Waals surface area contributed by atoms with E-state index < -0.39 is 0 Å². The zero-order chi connectivity index (χ0) is 16.1. The molecule has 0 aliphatic heterocycles. The molecule has 120 valence electrons. The molecule has 0 unspecified atom stereocenters. The van der Waals surface area contributed by atoms with Crippen LogP contribution in [0.3, 0.4) is 0 Å². The summed E-state index contributed by atoms with van der Waals surface area (Å²) in [6.07, 6.45) is 1.72. The van der Waals surface area contributed by atoms with E-state index in [9.17, 15) is 0 Å². The number of nitrogens with zero attached hydrogens (tertiary/aromatic N) is 2. The number of hydrogen-bond donors (Lipinski definition) is 0. The Labute approximate surface area is 139 Å². The van der Waals surface area contributed by atoms with Crippen LogP contribution in [-0.4, -0.2) is 29.9 Å². The van der Waals surface area contributed by atoms with Crippen molar-refractivity contribution in [2.45, 2.75) is 6.73 Å². The molecule has 0 atom stereocenters. The van der Waals surface area contributed by atoms with Crippen molar-refractivity contribution >= 4 is 22.6 Å².